The Labute approximate surface area is 194 Å². The second-order valence-corrected chi connectivity index (χ2v) is 11.6. The van der Waals surface area contributed by atoms with Gasteiger partial charge in [0, 0.05) is 29.4 Å². The lowest BCUT2D eigenvalue weighted by molar-refractivity contribution is -0.164. The highest BCUT2D eigenvalue weighted by Crippen LogP contribution is 2.61. The van der Waals surface area contributed by atoms with E-state index >= 15 is 0 Å². The summed E-state index contributed by atoms with van der Waals surface area (Å²) in [6, 6.07) is 9.70. The van der Waals surface area contributed by atoms with Crippen molar-refractivity contribution in [2.24, 2.45) is 17.3 Å². The normalized spacial score (nSPS) is 33.8. The average Bonchev–Trinajstić information content (AvgIpc) is 3.41. The number of ether oxygens (including phenoxy) is 2. The Morgan fingerprint density at radius 2 is 1.91 bits per heavy atom. The van der Waals surface area contributed by atoms with Crippen LogP contribution in [0.25, 0.3) is 0 Å². The molecular formula is C28H32O3S. The van der Waals surface area contributed by atoms with Crippen LogP contribution in [0.1, 0.15) is 58.3 Å². The third-order valence-electron chi connectivity index (χ3n) is 8.74. The van der Waals surface area contributed by atoms with Crippen LogP contribution in [-0.4, -0.2) is 23.6 Å². The highest BCUT2D eigenvalue weighted by atomic mass is 32.2. The number of hydrogen-bond acceptors (Lipinski definition) is 3. The topological polar surface area (TPSA) is 41.5 Å². The first-order chi connectivity index (χ1) is 15.6. The number of hydrogen-bond donors (Lipinski definition) is 0. The lowest BCUT2D eigenvalue weighted by Gasteiger charge is -2.47. The van der Waals surface area contributed by atoms with Crippen molar-refractivity contribution in [3.05, 3.63) is 69.8 Å². The van der Waals surface area contributed by atoms with Crippen LogP contribution in [0, 0.1) is 17.3 Å². The van der Waals surface area contributed by atoms with E-state index in [1.807, 2.05) is 30.3 Å². The molecule has 4 atom stereocenters. The monoisotopic (exact) mass is 448 g/mol. The van der Waals surface area contributed by atoms with E-state index in [-0.39, 0.29) is 11.2 Å². The third kappa shape index (κ3) is 3.40. The molecule has 1 aliphatic heterocycles. The third-order valence-corrected chi connectivity index (χ3v) is 9.81. The molecule has 32 heavy (non-hydrogen) atoms. The van der Waals surface area contributed by atoms with Gasteiger partial charge in [-0.2, -0.15) is 0 Å². The Bertz CT molecular complexity index is 1030. The maximum absolute atomic E-state index is 12.7. The number of fused-ring (bicyclic) bond motifs is 4. The van der Waals surface area contributed by atoms with Crippen LogP contribution < -0.4 is 0 Å². The molecule has 0 bridgehead atoms. The van der Waals surface area contributed by atoms with E-state index in [0.29, 0.717) is 11.8 Å². The molecule has 0 radical (unpaired) electrons. The van der Waals surface area contributed by atoms with E-state index in [4.69, 9.17) is 9.47 Å². The zero-order chi connectivity index (χ0) is 21.8. The summed E-state index contributed by atoms with van der Waals surface area (Å²) in [5, 5.41) is 1.79. The first-order valence-electron chi connectivity index (χ1n) is 12.2. The largest absolute Gasteiger partial charge is 0.606 e. The van der Waals surface area contributed by atoms with Crippen LogP contribution >= 0.6 is 0 Å². The van der Waals surface area contributed by atoms with Crippen LogP contribution in [0.2, 0.25) is 0 Å². The predicted octanol–water partition coefficient (Wildman–Crippen LogP) is 6.21. The molecule has 1 spiro atoms. The van der Waals surface area contributed by atoms with Crippen molar-refractivity contribution in [1.82, 2.24) is 0 Å². The molecule has 1 unspecified atom stereocenters. The summed E-state index contributed by atoms with van der Waals surface area (Å²) in [6.07, 6.45) is 11.4. The van der Waals surface area contributed by atoms with Crippen molar-refractivity contribution in [2.45, 2.75) is 69.0 Å². The van der Waals surface area contributed by atoms with E-state index in [0.717, 1.165) is 50.2 Å². The number of allylic oxidation sites excluding steroid dienone is 4. The van der Waals surface area contributed by atoms with Gasteiger partial charge in [0.25, 0.3) is 0 Å². The van der Waals surface area contributed by atoms with Crippen LogP contribution in [0.4, 0.5) is 0 Å². The molecule has 3 nitrogen and oxygen atoms in total. The van der Waals surface area contributed by atoms with Crippen LogP contribution in [0.5, 0.6) is 0 Å². The molecule has 2 fully saturated rings. The summed E-state index contributed by atoms with van der Waals surface area (Å²) in [5.74, 6) is 1.01. The zero-order valence-electron chi connectivity index (χ0n) is 18.9. The van der Waals surface area contributed by atoms with Gasteiger partial charge in [-0.1, -0.05) is 42.5 Å². The maximum atomic E-state index is 12.7. The molecule has 1 aromatic carbocycles. The van der Waals surface area contributed by atoms with E-state index in [9.17, 15) is 4.55 Å². The summed E-state index contributed by atoms with van der Waals surface area (Å²) in [7, 11) is 0. The Morgan fingerprint density at radius 3 is 2.72 bits per heavy atom. The number of rotatable bonds is 2. The zero-order valence-corrected chi connectivity index (χ0v) is 19.7. The Hall–Kier alpha value is -1.55. The fourth-order valence-electron chi connectivity index (χ4n) is 7.10. The molecule has 1 saturated heterocycles. The molecule has 4 heteroatoms. The minimum atomic E-state index is -1.13. The van der Waals surface area contributed by atoms with Crippen molar-refractivity contribution < 1.29 is 14.0 Å². The van der Waals surface area contributed by atoms with Gasteiger partial charge in [0.1, 0.15) is 0 Å². The highest BCUT2D eigenvalue weighted by molar-refractivity contribution is 7.94. The minimum Gasteiger partial charge on any atom is -0.606 e. The molecule has 1 saturated carbocycles. The van der Waals surface area contributed by atoms with Crippen molar-refractivity contribution in [2.75, 3.05) is 13.2 Å². The van der Waals surface area contributed by atoms with Gasteiger partial charge in [0.05, 0.1) is 13.2 Å². The molecule has 6 rings (SSSR count). The van der Waals surface area contributed by atoms with Gasteiger partial charge in [0.2, 0.25) is 0 Å². The summed E-state index contributed by atoms with van der Waals surface area (Å²) < 4.78 is 24.8. The molecule has 5 aliphatic rings. The molecule has 168 valence electrons. The quantitative estimate of drug-likeness (QED) is 0.399. The summed E-state index contributed by atoms with van der Waals surface area (Å²) in [6.45, 7) is 3.91. The second kappa shape index (κ2) is 8.04. The minimum absolute atomic E-state index is 0.150. The van der Waals surface area contributed by atoms with Crippen LogP contribution in [0.3, 0.4) is 0 Å². The van der Waals surface area contributed by atoms with Crippen LogP contribution in [-0.2, 0) is 20.6 Å². The van der Waals surface area contributed by atoms with Gasteiger partial charge >= 0.3 is 0 Å². The Morgan fingerprint density at radius 1 is 1.09 bits per heavy atom. The van der Waals surface area contributed by atoms with Crippen LogP contribution in [0.15, 0.2) is 74.7 Å². The maximum Gasteiger partial charge on any atom is 0.172 e. The smallest absolute Gasteiger partial charge is 0.172 e. The summed E-state index contributed by atoms with van der Waals surface area (Å²) in [5.41, 5.74) is 9.91. The second-order valence-electron chi connectivity index (χ2n) is 10.3. The average molecular weight is 449 g/mol. The first kappa shape index (κ1) is 21.0. The molecule has 1 heterocycles. The van der Waals surface area contributed by atoms with Gasteiger partial charge in [-0.3, -0.25) is 0 Å². The van der Waals surface area contributed by atoms with Gasteiger partial charge in [0.15, 0.2) is 16.1 Å². The lowest BCUT2D eigenvalue weighted by atomic mass is 9.58. The molecule has 0 aromatic heterocycles. The molecule has 0 N–H and O–H groups in total. The lowest BCUT2D eigenvalue weighted by Crippen LogP contribution is -2.39. The van der Waals surface area contributed by atoms with Crippen molar-refractivity contribution >= 4 is 11.2 Å². The summed E-state index contributed by atoms with van der Waals surface area (Å²) >= 11 is -1.13. The van der Waals surface area contributed by atoms with Crippen molar-refractivity contribution in [3.63, 3.8) is 0 Å². The first-order valence-corrected chi connectivity index (χ1v) is 13.4. The Balaban J connectivity index is 1.27. The van der Waals surface area contributed by atoms with Crippen molar-refractivity contribution in [1.29, 1.82) is 0 Å². The summed E-state index contributed by atoms with van der Waals surface area (Å²) in [4.78, 5) is 0.850. The van der Waals surface area contributed by atoms with E-state index in [2.05, 4.69) is 18.7 Å². The molecule has 1 aromatic rings. The van der Waals surface area contributed by atoms with E-state index in [1.165, 1.54) is 24.8 Å². The van der Waals surface area contributed by atoms with E-state index in [1.54, 1.807) is 22.1 Å². The predicted molar refractivity (Wildman–Crippen MR) is 126 cm³/mol. The molecule has 0 amide bonds. The van der Waals surface area contributed by atoms with Gasteiger partial charge < -0.3 is 14.0 Å². The Kier molecular flexibility index (Phi) is 5.28. The molecule has 4 aliphatic carbocycles. The fraction of sp³-hybridized carbons (Fsp3) is 0.536. The fourth-order valence-corrected chi connectivity index (χ4v) is 7.91. The van der Waals surface area contributed by atoms with Crippen molar-refractivity contribution in [3.8, 4) is 0 Å². The highest BCUT2D eigenvalue weighted by Gasteiger charge is 2.51. The van der Waals surface area contributed by atoms with Gasteiger partial charge in [-0.25, -0.2) is 0 Å². The SMILES string of the molecule is C[C@]12CC=C3C4=C(CC[C@H]3[C@@H]1CCC2=C=C[S+]([O-])c1ccccc1)CC1(CC4)OCCO1. The number of benzene rings is 1. The van der Waals surface area contributed by atoms with Gasteiger partial charge in [-0.05, 0) is 79.2 Å². The standard InChI is InChI=1S/C28H32O3S/c1-27-14-11-24-23-12-15-28(30-16-17-31-28)19-20(23)7-9-25(24)26(27)10-8-21(27)13-18-32(29)22-5-3-2-4-6-22/h2-6,11,18,25-26H,7-10,12,14-17,19H2,1H3/t13?,25-,26+,27-,32?/m1/s1. The van der Waals surface area contributed by atoms with Gasteiger partial charge in [-0.15, -0.1) is 0 Å². The molecular weight excluding hydrogens is 416 g/mol. The van der Waals surface area contributed by atoms with E-state index < -0.39 is 11.2 Å².